The molecule has 2 aromatic heterocycles. The molecule has 2 aliphatic carbocycles. The van der Waals surface area contributed by atoms with Gasteiger partial charge in [0.1, 0.15) is 11.3 Å². The van der Waals surface area contributed by atoms with Crippen molar-refractivity contribution in [1.29, 1.82) is 0 Å². The molecular weight excluding hydrogens is 544 g/mol. The summed E-state index contributed by atoms with van der Waals surface area (Å²) in [5, 5.41) is 16.7. The number of carboxylic acid groups (broad SMARTS) is 1. The normalized spacial score (nSPS) is 24.8. The molecule has 2 aliphatic heterocycles. The molecule has 0 unspecified atom stereocenters. The number of likely N-dealkylation sites (tertiary alicyclic amines) is 1. The number of methoxy groups -OCH3 is 1. The summed E-state index contributed by atoms with van der Waals surface area (Å²) in [6.45, 7) is 4.32. The molecule has 4 heterocycles. The minimum absolute atomic E-state index is 0.0940. The second-order valence-electron chi connectivity index (χ2n) is 12.9. The molecule has 4 aliphatic rings. The van der Waals surface area contributed by atoms with E-state index in [4.69, 9.17) is 9.72 Å². The van der Waals surface area contributed by atoms with E-state index in [-0.39, 0.29) is 23.9 Å². The maximum atomic E-state index is 14.0. The standard InChI is InChI=1S/C33H38N6O4/c1-43-28-14-23(32(40)38-18-22-8-9-26(38)29(22)36-33(41)42)12-24-30(28)39(17-20-10-11-34-15-20)31(35-24)27-13-21-4-2-3-5-25(21)37(27)16-19-6-7-19/h2-5,12-14,19-20,22,26,29,34,36H,6-11,15-18H2,1H3,(H,41,42)/t20-,22+,26+,29+/m0/s1. The van der Waals surface area contributed by atoms with Crippen molar-refractivity contribution in [1.82, 2.24) is 29.7 Å². The third-order valence-electron chi connectivity index (χ3n) is 10.2. The van der Waals surface area contributed by atoms with Gasteiger partial charge in [-0.2, -0.15) is 0 Å². The summed E-state index contributed by atoms with van der Waals surface area (Å²) in [5.41, 5.74) is 4.52. The lowest BCUT2D eigenvalue weighted by Crippen LogP contribution is -2.45. The Bertz CT molecular complexity index is 1730. The summed E-state index contributed by atoms with van der Waals surface area (Å²) in [7, 11) is 1.66. The average molecular weight is 583 g/mol. The second kappa shape index (κ2) is 10.3. The van der Waals surface area contributed by atoms with E-state index >= 15 is 0 Å². The number of benzene rings is 2. The number of nitrogens with one attached hydrogen (secondary N) is 2. The number of carbonyl (C=O) groups excluding carboxylic acids is 1. The molecule has 43 heavy (non-hydrogen) atoms. The maximum absolute atomic E-state index is 14.0. The van der Waals surface area contributed by atoms with Gasteiger partial charge in [-0.25, -0.2) is 9.78 Å². The van der Waals surface area contributed by atoms with Gasteiger partial charge in [0.25, 0.3) is 5.91 Å². The van der Waals surface area contributed by atoms with E-state index in [1.54, 1.807) is 7.11 Å². The number of hydrogen-bond acceptors (Lipinski definition) is 5. The van der Waals surface area contributed by atoms with Crippen LogP contribution in [0.25, 0.3) is 33.5 Å². The molecule has 10 heteroatoms. The molecule has 2 saturated heterocycles. The minimum atomic E-state index is -1.03. The molecule has 4 aromatic rings. The van der Waals surface area contributed by atoms with Gasteiger partial charge in [0.05, 0.1) is 30.4 Å². The summed E-state index contributed by atoms with van der Waals surface area (Å²) >= 11 is 0. The maximum Gasteiger partial charge on any atom is 0.404 e. The van der Waals surface area contributed by atoms with Crippen molar-refractivity contribution in [2.24, 2.45) is 17.8 Å². The van der Waals surface area contributed by atoms with Crippen LogP contribution in [0.15, 0.2) is 42.5 Å². The van der Waals surface area contributed by atoms with E-state index in [9.17, 15) is 14.7 Å². The van der Waals surface area contributed by atoms with Gasteiger partial charge >= 0.3 is 6.09 Å². The van der Waals surface area contributed by atoms with Crippen molar-refractivity contribution >= 4 is 33.9 Å². The number of ether oxygens (including phenoxy) is 1. The first kappa shape index (κ1) is 26.6. The fourth-order valence-corrected chi connectivity index (χ4v) is 7.92. The predicted octanol–water partition coefficient (Wildman–Crippen LogP) is 4.56. The Morgan fingerprint density at radius 3 is 2.65 bits per heavy atom. The molecule has 2 bridgehead atoms. The van der Waals surface area contributed by atoms with Crippen LogP contribution in [-0.4, -0.2) is 75.0 Å². The highest BCUT2D eigenvalue weighted by Gasteiger charge is 2.49. The second-order valence-corrected chi connectivity index (χ2v) is 12.9. The van der Waals surface area contributed by atoms with Crippen LogP contribution in [0.4, 0.5) is 4.79 Å². The van der Waals surface area contributed by atoms with E-state index < -0.39 is 6.09 Å². The Morgan fingerprint density at radius 2 is 1.88 bits per heavy atom. The highest BCUT2D eigenvalue weighted by Crippen LogP contribution is 2.41. The van der Waals surface area contributed by atoms with Crippen molar-refractivity contribution < 1.29 is 19.4 Å². The summed E-state index contributed by atoms with van der Waals surface area (Å²) in [6.07, 6.45) is 4.33. The average Bonchev–Trinajstić information content (AvgIpc) is 3.40. The molecule has 3 N–H and O–H groups in total. The van der Waals surface area contributed by atoms with Crippen molar-refractivity contribution in [3.8, 4) is 17.3 Å². The van der Waals surface area contributed by atoms with Gasteiger partial charge in [-0.15, -0.1) is 0 Å². The number of imidazole rings is 1. The molecule has 0 radical (unpaired) electrons. The first-order valence-corrected chi connectivity index (χ1v) is 15.7. The van der Waals surface area contributed by atoms with Crippen LogP contribution in [0, 0.1) is 17.8 Å². The van der Waals surface area contributed by atoms with Crippen molar-refractivity contribution in [3.63, 3.8) is 0 Å². The summed E-state index contributed by atoms with van der Waals surface area (Å²) < 4.78 is 10.7. The van der Waals surface area contributed by atoms with Crippen molar-refractivity contribution in [2.75, 3.05) is 26.7 Å². The zero-order chi connectivity index (χ0) is 29.2. The number of rotatable bonds is 8. The molecule has 8 rings (SSSR count). The lowest BCUT2D eigenvalue weighted by molar-refractivity contribution is 0.0697. The van der Waals surface area contributed by atoms with E-state index in [1.807, 2.05) is 17.0 Å². The monoisotopic (exact) mass is 582 g/mol. The Labute approximate surface area is 250 Å². The zero-order valence-corrected chi connectivity index (χ0v) is 24.5. The molecule has 2 aromatic carbocycles. The van der Waals surface area contributed by atoms with E-state index in [2.05, 4.69) is 50.1 Å². The lowest BCUT2D eigenvalue weighted by atomic mass is 10.1. The number of hydrogen-bond donors (Lipinski definition) is 3. The Morgan fingerprint density at radius 1 is 1.05 bits per heavy atom. The van der Waals surface area contributed by atoms with Crippen LogP contribution in [0.1, 0.15) is 42.5 Å². The number of amides is 2. The first-order valence-electron chi connectivity index (χ1n) is 15.7. The van der Waals surface area contributed by atoms with Crippen LogP contribution in [0.2, 0.25) is 0 Å². The van der Waals surface area contributed by atoms with Gasteiger partial charge in [-0.1, -0.05) is 18.2 Å². The van der Waals surface area contributed by atoms with Gasteiger partial charge in [0.15, 0.2) is 5.82 Å². The topological polar surface area (TPSA) is 114 Å². The molecule has 0 spiro atoms. The highest BCUT2D eigenvalue weighted by atomic mass is 16.5. The van der Waals surface area contributed by atoms with Gasteiger partial charge in [0.2, 0.25) is 0 Å². The van der Waals surface area contributed by atoms with Crippen LogP contribution in [-0.2, 0) is 13.1 Å². The molecule has 4 fully saturated rings. The Balaban J connectivity index is 1.24. The van der Waals surface area contributed by atoms with Crippen molar-refractivity contribution in [3.05, 3.63) is 48.0 Å². The smallest absolute Gasteiger partial charge is 0.404 e. The molecule has 224 valence electrons. The zero-order valence-electron chi connectivity index (χ0n) is 24.5. The fraction of sp³-hybridized carbons (Fsp3) is 0.485. The van der Waals surface area contributed by atoms with E-state index in [1.165, 1.54) is 23.7 Å². The number of para-hydroxylation sites is 1. The molecular formula is C33H38N6O4. The molecule has 2 amide bonds. The van der Waals surface area contributed by atoms with Crippen LogP contribution in [0.5, 0.6) is 5.75 Å². The van der Waals surface area contributed by atoms with Crippen molar-refractivity contribution in [2.45, 2.75) is 57.3 Å². The summed E-state index contributed by atoms with van der Waals surface area (Å²) in [4.78, 5) is 32.5. The van der Waals surface area contributed by atoms with Gasteiger partial charge in [-0.3, -0.25) is 4.79 Å². The third-order valence-corrected chi connectivity index (χ3v) is 10.2. The van der Waals surface area contributed by atoms with Crippen LogP contribution < -0.4 is 15.4 Å². The van der Waals surface area contributed by atoms with Gasteiger partial charge in [-0.05, 0) is 87.2 Å². The number of aromatic nitrogens is 3. The number of nitrogens with zero attached hydrogens (tertiary/aromatic N) is 4. The quantitative estimate of drug-likeness (QED) is 0.281. The number of fused-ring (bicyclic) bond motifs is 4. The Kier molecular flexibility index (Phi) is 6.36. The summed E-state index contributed by atoms with van der Waals surface area (Å²) in [6, 6.07) is 14.2. The van der Waals surface area contributed by atoms with Gasteiger partial charge < -0.3 is 34.5 Å². The number of carbonyl (C=O) groups is 2. The Hall–Kier alpha value is -4.05. The molecule has 4 atom stereocenters. The fourth-order valence-electron chi connectivity index (χ4n) is 7.92. The van der Waals surface area contributed by atoms with E-state index in [0.717, 1.165) is 68.0 Å². The minimum Gasteiger partial charge on any atom is -0.494 e. The number of piperidine rings is 1. The predicted molar refractivity (Wildman–Crippen MR) is 163 cm³/mol. The lowest BCUT2D eigenvalue weighted by Gasteiger charge is -2.27. The molecule has 10 nitrogen and oxygen atoms in total. The highest BCUT2D eigenvalue weighted by molar-refractivity contribution is 6.00. The van der Waals surface area contributed by atoms with E-state index in [0.29, 0.717) is 29.7 Å². The SMILES string of the molecule is COc1cc(C(=O)N2C[C@H]3CC[C@@H]2[C@@H]3NC(=O)O)cc2nc(-c3cc4ccccc4n3CC3CC3)n(C[C@H]3CCNC3)c12. The largest absolute Gasteiger partial charge is 0.494 e. The summed E-state index contributed by atoms with van der Waals surface area (Å²) in [5.74, 6) is 2.77. The van der Waals surface area contributed by atoms with Crippen LogP contribution in [0.3, 0.4) is 0 Å². The molecule has 2 saturated carbocycles. The van der Waals surface area contributed by atoms with Gasteiger partial charge in [0, 0.05) is 36.1 Å². The van der Waals surface area contributed by atoms with Crippen LogP contribution >= 0.6 is 0 Å². The third kappa shape index (κ3) is 4.54. The first-order chi connectivity index (χ1) is 21.0.